The lowest BCUT2D eigenvalue weighted by molar-refractivity contribution is 0.461. The van der Waals surface area contributed by atoms with Crippen LogP contribution in [0, 0.1) is 5.92 Å². The smallest absolute Gasteiger partial charge is 0.0645 e. The number of allylic oxidation sites excluding steroid dienone is 2. The zero-order valence-electron chi connectivity index (χ0n) is 32.0. The fourth-order valence-electron chi connectivity index (χ4n) is 7.91. The van der Waals surface area contributed by atoms with Gasteiger partial charge in [-0.3, -0.25) is 0 Å². The Balaban J connectivity index is 1.36. The molecule has 2 unspecified atom stereocenters. The van der Waals surface area contributed by atoms with Crippen molar-refractivity contribution >= 4 is 28.7 Å². The second-order valence-electron chi connectivity index (χ2n) is 13.1. The Morgan fingerprint density at radius 1 is 0.596 bits per heavy atom. The van der Waals surface area contributed by atoms with Crippen molar-refractivity contribution in [3.05, 3.63) is 247 Å². The van der Waals surface area contributed by atoms with Crippen molar-refractivity contribution in [2.45, 2.75) is 11.8 Å². The number of nitrogens with zero attached hydrogens (tertiary/aromatic N) is 1. The molecule has 8 rings (SSSR count). The Bertz CT molecular complexity index is 2530. The van der Waals surface area contributed by atoms with Gasteiger partial charge in [0.1, 0.15) is 0 Å². The first kappa shape index (κ1) is 29.3. The van der Waals surface area contributed by atoms with Crippen molar-refractivity contribution in [1.82, 2.24) is 0 Å². The van der Waals surface area contributed by atoms with Gasteiger partial charge in [0.2, 0.25) is 0 Å². The molecule has 0 saturated carbocycles. The van der Waals surface area contributed by atoms with Crippen LogP contribution in [0.15, 0.2) is 213 Å². The molecule has 0 bridgehead atoms. The maximum absolute atomic E-state index is 9.63. The van der Waals surface area contributed by atoms with E-state index in [1.807, 2.05) is 97.1 Å². The third-order valence-electron chi connectivity index (χ3n) is 10.2. The normalized spacial score (nSPS) is 16.3. The van der Waals surface area contributed by atoms with Gasteiger partial charge in [-0.15, -0.1) is 13.2 Å². The Labute approximate surface area is 312 Å². The lowest BCUT2D eigenvalue weighted by Gasteiger charge is -2.39. The molecule has 0 aromatic heterocycles. The second kappa shape index (κ2) is 14.4. The average Bonchev–Trinajstić information content (AvgIpc) is 3.53. The first-order valence-electron chi connectivity index (χ1n) is 19.3. The summed E-state index contributed by atoms with van der Waals surface area (Å²) < 4.78 is 28.5. The minimum absolute atomic E-state index is 0.00738. The summed E-state index contributed by atoms with van der Waals surface area (Å²) in [6.07, 6.45) is 4.79. The molecule has 1 aliphatic rings. The molecule has 7 aromatic rings. The van der Waals surface area contributed by atoms with E-state index < -0.39 is 5.41 Å². The molecule has 0 heterocycles. The molecule has 0 N–H and O–H groups in total. The van der Waals surface area contributed by atoms with Gasteiger partial charge in [0.15, 0.2) is 0 Å². The van der Waals surface area contributed by atoms with Gasteiger partial charge in [0.05, 0.1) is 9.53 Å². The summed E-state index contributed by atoms with van der Waals surface area (Å²) in [6.45, 7) is 8.53. The molecular weight excluding hydrogens is 627 g/mol. The molecule has 0 fully saturated rings. The summed E-state index contributed by atoms with van der Waals surface area (Å²) in [5.41, 5.74) is 10.4. The van der Waals surface area contributed by atoms with Crippen molar-refractivity contribution in [1.29, 1.82) is 0 Å². The first-order chi connectivity index (χ1) is 27.0. The highest BCUT2D eigenvalue weighted by Crippen LogP contribution is 2.58. The van der Waals surface area contributed by atoms with Gasteiger partial charge in [-0.05, 0) is 105 Å². The Hall–Kier alpha value is -6.44. The van der Waals surface area contributed by atoms with E-state index >= 15 is 0 Å². The van der Waals surface area contributed by atoms with E-state index in [1.165, 1.54) is 16.7 Å². The molecule has 0 saturated heterocycles. The van der Waals surface area contributed by atoms with Gasteiger partial charge in [-0.1, -0.05) is 164 Å². The predicted molar refractivity (Wildman–Crippen MR) is 221 cm³/mol. The van der Waals surface area contributed by atoms with Crippen LogP contribution < -0.4 is 4.90 Å². The highest BCUT2D eigenvalue weighted by atomic mass is 15.1. The quantitative estimate of drug-likeness (QED) is 0.0978. The van der Waals surface area contributed by atoms with Crippen LogP contribution in [-0.4, -0.2) is 0 Å². The largest absolute Gasteiger partial charge is 0.310 e. The van der Waals surface area contributed by atoms with Crippen LogP contribution in [0.4, 0.5) is 17.1 Å². The maximum atomic E-state index is 9.63. The van der Waals surface area contributed by atoms with Crippen LogP contribution in [0.3, 0.4) is 0 Å². The highest BCUT2D eigenvalue weighted by molar-refractivity contribution is 5.92. The van der Waals surface area contributed by atoms with Crippen LogP contribution in [0.25, 0.3) is 22.8 Å². The fourth-order valence-corrected chi connectivity index (χ4v) is 7.91. The molecule has 52 heavy (non-hydrogen) atoms. The molecule has 1 heteroatoms. The third kappa shape index (κ3) is 5.81. The van der Waals surface area contributed by atoms with E-state index in [1.54, 1.807) is 12.1 Å². The molecule has 0 spiro atoms. The van der Waals surface area contributed by atoms with Gasteiger partial charge in [0, 0.05) is 17.1 Å². The predicted octanol–water partition coefficient (Wildman–Crippen LogP) is 13.4. The maximum Gasteiger partial charge on any atom is 0.0645 e. The van der Waals surface area contributed by atoms with Crippen molar-refractivity contribution < 1.29 is 4.11 Å². The van der Waals surface area contributed by atoms with Gasteiger partial charge in [0.25, 0.3) is 0 Å². The van der Waals surface area contributed by atoms with Gasteiger partial charge in [-0.25, -0.2) is 0 Å². The SMILES string of the molecule is [2H]/C(=C(/c1ccccc1)c1cc([2H])c(N(c2ccccc2)c2ccc3c(c2)C(c2ccccc2)(C(C=C)CC=C)c2ccccc2-3)cc1[2H])c1ccccc1. The molecule has 0 aliphatic heterocycles. The molecule has 1 nitrogen and oxygen atoms in total. The van der Waals surface area contributed by atoms with Crippen LogP contribution in [0.5, 0.6) is 0 Å². The summed E-state index contributed by atoms with van der Waals surface area (Å²) in [4.78, 5) is 2.09. The Morgan fingerprint density at radius 3 is 1.94 bits per heavy atom. The summed E-state index contributed by atoms with van der Waals surface area (Å²) in [6, 6.07) is 59.7. The molecule has 0 radical (unpaired) electrons. The number of hydrogen-bond donors (Lipinski definition) is 0. The second-order valence-corrected chi connectivity index (χ2v) is 13.1. The topological polar surface area (TPSA) is 3.24 Å². The van der Waals surface area contributed by atoms with E-state index in [-0.39, 0.29) is 18.0 Å². The zero-order valence-corrected chi connectivity index (χ0v) is 29.0. The van der Waals surface area contributed by atoms with Crippen molar-refractivity contribution in [3.63, 3.8) is 0 Å². The van der Waals surface area contributed by atoms with E-state index in [0.717, 1.165) is 40.0 Å². The minimum atomic E-state index is -0.549. The average molecular weight is 671 g/mol. The van der Waals surface area contributed by atoms with E-state index in [9.17, 15) is 4.11 Å². The van der Waals surface area contributed by atoms with Gasteiger partial charge in [-0.2, -0.15) is 0 Å². The highest BCUT2D eigenvalue weighted by Gasteiger charge is 2.48. The molecular formula is C51H41N. The van der Waals surface area contributed by atoms with Crippen LogP contribution in [-0.2, 0) is 5.41 Å². The number of benzene rings is 7. The lowest BCUT2D eigenvalue weighted by atomic mass is 9.63. The van der Waals surface area contributed by atoms with E-state index in [2.05, 4.69) is 96.9 Å². The fraction of sp³-hybridized carbons (Fsp3) is 0.0588. The molecule has 0 amide bonds. The van der Waals surface area contributed by atoms with Crippen LogP contribution in [0.2, 0.25) is 0 Å². The number of rotatable bonds is 11. The molecule has 250 valence electrons. The van der Waals surface area contributed by atoms with E-state index in [4.69, 9.17) is 0 Å². The minimum Gasteiger partial charge on any atom is -0.310 e. The van der Waals surface area contributed by atoms with Gasteiger partial charge < -0.3 is 4.90 Å². The van der Waals surface area contributed by atoms with Crippen molar-refractivity contribution in [2.75, 3.05) is 4.90 Å². The molecule has 1 aliphatic carbocycles. The van der Waals surface area contributed by atoms with E-state index in [0.29, 0.717) is 22.9 Å². The molecule has 7 aromatic carbocycles. The summed E-state index contributed by atoms with van der Waals surface area (Å²) >= 11 is 0. The summed E-state index contributed by atoms with van der Waals surface area (Å²) in [5.74, 6) is 0.00738. The monoisotopic (exact) mass is 670 g/mol. The molecule has 2 atom stereocenters. The van der Waals surface area contributed by atoms with Gasteiger partial charge >= 0.3 is 0 Å². The number of para-hydroxylation sites is 1. The number of fused-ring (bicyclic) bond motifs is 3. The van der Waals surface area contributed by atoms with Crippen molar-refractivity contribution in [2.24, 2.45) is 5.92 Å². The van der Waals surface area contributed by atoms with Crippen LogP contribution >= 0.6 is 0 Å². The summed E-state index contributed by atoms with van der Waals surface area (Å²) in [7, 11) is 0. The standard InChI is InChI=1S/C51H41N/c1-3-19-41(4-2)51(42-24-13-7-14-25-42)49-29-18-17-28-46(49)47-35-34-45(37-50(47)51)52(43-26-15-8-16-27-43)44-32-30-40(31-33-44)48(39-22-11-6-12-23-39)36-38-20-9-5-10-21-38/h3-18,20-37,41H,1-2,19H2/b48-36+/i30D,33D,36D. The number of anilines is 3. The number of hydrogen-bond acceptors (Lipinski definition) is 1. The third-order valence-corrected chi connectivity index (χ3v) is 10.2. The van der Waals surface area contributed by atoms with Crippen molar-refractivity contribution in [3.8, 4) is 11.1 Å². The zero-order chi connectivity index (χ0) is 37.9. The summed E-state index contributed by atoms with van der Waals surface area (Å²) in [5, 5.41) is 0. The Morgan fingerprint density at radius 2 is 1.23 bits per heavy atom. The van der Waals surface area contributed by atoms with Crippen LogP contribution in [0.1, 0.15) is 43.9 Å². The lowest BCUT2D eigenvalue weighted by Crippen LogP contribution is -2.35. The Kier molecular flexibility index (Phi) is 8.13. The first-order valence-corrected chi connectivity index (χ1v) is 17.8.